The highest BCUT2D eigenvalue weighted by molar-refractivity contribution is 6.06. The van der Waals surface area contributed by atoms with Gasteiger partial charge in [0, 0.05) is 51.0 Å². The Bertz CT molecular complexity index is 4390. The van der Waals surface area contributed by atoms with Crippen LogP contribution in [0.3, 0.4) is 0 Å². The first kappa shape index (κ1) is 48.6. The normalized spacial score (nSPS) is 11.2. The van der Waals surface area contributed by atoms with Crippen LogP contribution >= 0.6 is 0 Å². The highest BCUT2D eigenvalue weighted by Gasteiger charge is 2.21. The van der Waals surface area contributed by atoms with E-state index in [1.807, 2.05) is 12.1 Å². The van der Waals surface area contributed by atoms with E-state index < -0.39 is 0 Å². The van der Waals surface area contributed by atoms with Crippen LogP contribution in [0.25, 0.3) is 99.8 Å². The molecule has 0 saturated carbocycles. The quantitative estimate of drug-likeness (QED) is 0.115. The molecular weight excluding hydrogens is 981 g/mol. The fraction of sp³-hybridized carbons (Fsp3) is 0. The minimum Gasteiger partial charge on any atom is -0.456 e. The molecule has 14 rings (SSSR count). The van der Waals surface area contributed by atoms with Gasteiger partial charge in [0.15, 0.2) is 0 Å². The van der Waals surface area contributed by atoms with Crippen LogP contribution in [0.1, 0.15) is 0 Å². The van der Waals surface area contributed by atoms with Gasteiger partial charge in [0.05, 0.1) is 0 Å². The first-order valence-electron chi connectivity index (χ1n) is 27.6. The predicted molar refractivity (Wildman–Crippen MR) is 341 cm³/mol. The number of rotatable bonds is 13. The molecule has 0 amide bonds. The third-order valence-electron chi connectivity index (χ3n) is 15.5. The third kappa shape index (κ3) is 9.54. The van der Waals surface area contributed by atoms with Crippen molar-refractivity contribution in [2.75, 3.05) is 9.80 Å². The zero-order valence-corrected chi connectivity index (χ0v) is 44.5. The Balaban J connectivity index is 0.852. The van der Waals surface area contributed by atoms with Crippen molar-refractivity contribution in [3.63, 3.8) is 0 Å². The van der Waals surface area contributed by atoms with Crippen LogP contribution in [0.15, 0.2) is 332 Å². The number of anilines is 6. The van der Waals surface area contributed by atoms with E-state index in [9.17, 15) is 0 Å². The molecule has 3 nitrogen and oxygen atoms in total. The first-order chi connectivity index (χ1) is 40.2. The SMILES string of the molecule is c1ccc(-c2cc(-c3ccc(N(c4ccccc4)c4ccc5c(c4)oc4ccccc45)cc3)c(-c3ccccc3)cc2-c2ccc(N(c3ccccc3)c3ccc(-c4c(-c5ccccc5)cccc4-c4ccccc4)cc3)cc2)cc1. The second-order valence-corrected chi connectivity index (χ2v) is 20.4. The number of hydrogen-bond donors (Lipinski definition) is 0. The van der Waals surface area contributed by atoms with E-state index in [1.165, 1.54) is 27.8 Å². The van der Waals surface area contributed by atoms with Crippen molar-refractivity contribution in [1.29, 1.82) is 0 Å². The van der Waals surface area contributed by atoms with Crippen LogP contribution in [0.2, 0.25) is 0 Å². The molecule has 0 fully saturated rings. The molecule has 1 aromatic heterocycles. The van der Waals surface area contributed by atoms with E-state index in [1.54, 1.807) is 0 Å². The number of para-hydroxylation sites is 3. The summed E-state index contributed by atoms with van der Waals surface area (Å²) in [4.78, 5) is 4.66. The number of hydrogen-bond acceptors (Lipinski definition) is 3. The fourth-order valence-electron chi connectivity index (χ4n) is 11.6. The Morgan fingerprint density at radius 3 is 0.926 bits per heavy atom. The summed E-state index contributed by atoms with van der Waals surface area (Å²) in [5.74, 6) is 0. The molecule has 1 heterocycles. The van der Waals surface area contributed by atoms with E-state index in [0.29, 0.717) is 0 Å². The molecule has 0 aliphatic heterocycles. The fourth-order valence-corrected chi connectivity index (χ4v) is 11.6. The molecule has 0 bridgehead atoms. The van der Waals surface area contributed by atoms with Gasteiger partial charge in [0.25, 0.3) is 0 Å². The van der Waals surface area contributed by atoms with Gasteiger partial charge in [-0.05, 0) is 169 Å². The summed E-state index contributed by atoms with van der Waals surface area (Å²) in [6.45, 7) is 0. The van der Waals surface area contributed by atoms with Crippen molar-refractivity contribution in [2.24, 2.45) is 0 Å². The van der Waals surface area contributed by atoms with E-state index >= 15 is 0 Å². The maximum atomic E-state index is 6.40. The topological polar surface area (TPSA) is 19.6 Å². The second-order valence-electron chi connectivity index (χ2n) is 20.4. The molecule has 0 aliphatic rings. The highest BCUT2D eigenvalue weighted by atomic mass is 16.3. The maximum Gasteiger partial charge on any atom is 0.137 e. The Morgan fingerprint density at radius 1 is 0.185 bits per heavy atom. The van der Waals surface area contributed by atoms with Crippen LogP contribution in [0.4, 0.5) is 34.1 Å². The summed E-state index contributed by atoms with van der Waals surface area (Å²) >= 11 is 0. The maximum absolute atomic E-state index is 6.40. The molecule has 81 heavy (non-hydrogen) atoms. The summed E-state index contributed by atoms with van der Waals surface area (Å²) in [6, 6.07) is 118. The summed E-state index contributed by atoms with van der Waals surface area (Å²) < 4.78 is 6.40. The van der Waals surface area contributed by atoms with Gasteiger partial charge in [-0.3, -0.25) is 0 Å². The summed E-state index contributed by atoms with van der Waals surface area (Å²) in [7, 11) is 0. The van der Waals surface area contributed by atoms with Gasteiger partial charge >= 0.3 is 0 Å². The monoisotopic (exact) mass is 1030 g/mol. The largest absolute Gasteiger partial charge is 0.456 e. The zero-order chi connectivity index (χ0) is 53.9. The highest BCUT2D eigenvalue weighted by Crippen LogP contribution is 2.47. The minimum absolute atomic E-state index is 0.861. The lowest BCUT2D eigenvalue weighted by atomic mass is 9.85. The third-order valence-corrected chi connectivity index (χ3v) is 15.5. The Morgan fingerprint density at radius 2 is 0.494 bits per heavy atom. The minimum atomic E-state index is 0.861. The van der Waals surface area contributed by atoms with Crippen molar-refractivity contribution < 1.29 is 4.42 Å². The lowest BCUT2D eigenvalue weighted by molar-refractivity contribution is 0.669. The van der Waals surface area contributed by atoms with Gasteiger partial charge in [0.2, 0.25) is 0 Å². The van der Waals surface area contributed by atoms with Gasteiger partial charge in [-0.2, -0.15) is 0 Å². The zero-order valence-electron chi connectivity index (χ0n) is 44.5. The van der Waals surface area contributed by atoms with Crippen molar-refractivity contribution in [3.8, 4) is 77.9 Å². The summed E-state index contributed by atoms with van der Waals surface area (Å²) in [6.07, 6.45) is 0. The molecule has 0 N–H and O–H groups in total. The molecule has 0 aliphatic carbocycles. The first-order valence-corrected chi connectivity index (χ1v) is 27.6. The summed E-state index contributed by atoms with van der Waals surface area (Å²) in [5, 5.41) is 2.23. The number of benzene rings is 13. The molecule has 0 atom stereocenters. The van der Waals surface area contributed by atoms with Crippen molar-refractivity contribution in [1.82, 2.24) is 0 Å². The number of fused-ring (bicyclic) bond motifs is 3. The molecule has 14 aromatic rings. The molecule has 0 unspecified atom stereocenters. The number of nitrogens with zero attached hydrogens (tertiary/aromatic N) is 2. The smallest absolute Gasteiger partial charge is 0.137 e. The van der Waals surface area contributed by atoms with Gasteiger partial charge in [-0.15, -0.1) is 0 Å². The van der Waals surface area contributed by atoms with E-state index in [0.717, 1.165) is 106 Å². The van der Waals surface area contributed by atoms with E-state index in [-0.39, 0.29) is 0 Å². The number of furan rings is 1. The Kier molecular flexibility index (Phi) is 13.0. The van der Waals surface area contributed by atoms with Crippen LogP contribution in [-0.4, -0.2) is 0 Å². The second kappa shape index (κ2) is 21.6. The average Bonchev–Trinajstić information content (AvgIpc) is 4.05. The molecule has 382 valence electrons. The Hall–Kier alpha value is -10.7. The lowest BCUT2D eigenvalue weighted by Crippen LogP contribution is -2.09. The molecule has 3 heteroatoms. The standard InChI is InChI=1S/C78H54N2O/c1-7-22-55(23-8-1)68-35-21-36-69(56-24-9-2-10-25-56)78(68)61-42-48-65(49-43-61)79(62-30-15-5-16-31-62)64-44-38-59(39-45-64)74-53-73(58-28-13-4-14-29-58)75(54-72(74)57-26-11-3-12-27-57)60-40-46-66(47-41-60)80(63-32-17-6-18-33-63)67-50-51-71-70-34-19-20-37-76(70)81-77(71)52-67/h1-54H. The van der Waals surface area contributed by atoms with Gasteiger partial charge in [0.1, 0.15) is 11.2 Å². The predicted octanol–water partition coefficient (Wildman–Crippen LogP) is 22.2. The van der Waals surface area contributed by atoms with Crippen molar-refractivity contribution in [2.45, 2.75) is 0 Å². The lowest BCUT2D eigenvalue weighted by Gasteiger charge is -2.26. The van der Waals surface area contributed by atoms with Gasteiger partial charge in [-0.1, -0.05) is 231 Å². The van der Waals surface area contributed by atoms with E-state index in [4.69, 9.17) is 4.42 Å². The summed E-state index contributed by atoms with van der Waals surface area (Å²) in [5.41, 5.74) is 24.5. The van der Waals surface area contributed by atoms with Crippen LogP contribution < -0.4 is 9.80 Å². The van der Waals surface area contributed by atoms with Gasteiger partial charge < -0.3 is 14.2 Å². The van der Waals surface area contributed by atoms with Crippen molar-refractivity contribution in [3.05, 3.63) is 328 Å². The van der Waals surface area contributed by atoms with E-state index in [2.05, 4.69) is 325 Å². The molecule has 13 aromatic carbocycles. The molecule has 0 saturated heterocycles. The Labute approximate surface area is 473 Å². The van der Waals surface area contributed by atoms with Gasteiger partial charge in [-0.25, -0.2) is 0 Å². The molecule has 0 spiro atoms. The van der Waals surface area contributed by atoms with Crippen LogP contribution in [0.5, 0.6) is 0 Å². The van der Waals surface area contributed by atoms with Crippen molar-refractivity contribution >= 4 is 56.1 Å². The van der Waals surface area contributed by atoms with Crippen LogP contribution in [-0.2, 0) is 0 Å². The average molecular weight is 1040 g/mol. The van der Waals surface area contributed by atoms with Crippen LogP contribution in [0, 0.1) is 0 Å². The molecular formula is C78H54N2O. The molecule has 0 radical (unpaired) electrons.